The lowest BCUT2D eigenvalue weighted by atomic mass is 10.00. The average molecular weight is 409 g/mol. The SMILES string of the molecule is CC(C)Cn1c(=O)n(CC(O)CN2CCc3ccccc3C2)c(=O)c2cnccc21. The first-order valence-corrected chi connectivity index (χ1v) is 10.5. The van der Waals surface area contributed by atoms with Crippen molar-refractivity contribution in [1.29, 1.82) is 0 Å². The smallest absolute Gasteiger partial charge is 0.331 e. The van der Waals surface area contributed by atoms with Crippen molar-refractivity contribution in [2.75, 3.05) is 13.1 Å². The fraction of sp³-hybridized carbons (Fsp3) is 0.435. The van der Waals surface area contributed by atoms with Crippen molar-refractivity contribution in [1.82, 2.24) is 19.0 Å². The predicted molar refractivity (Wildman–Crippen MR) is 117 cm³/mol. The Hall–Kier alpha value is -2.77. The topological polar surface area (TPSA) is 80.4 Å². The lowest BCUT2D eigenvalue weighted by molar-refractivity contribution is 0.0896. The Morgan fingerprint density at radius 2 is 1.80 bits per heavy atom. The summed E-state index contributed by atoms with van der Waals surface area (Å²) < 4.78 is 2.78. The van der Waals surface area contributed by atoms with E-state index in [1.165, 1.54) is 17.3 Å². The van der Waals surface area contributed by atoms with Crippen molar-refractivity contribution in [3.8, 4) is 0 Å². The first kappa shape index (κ1) is 20.5. The molecule has 0 fully saturated rings. The Bertz CT molecular complexity index is 1170. The van der Waals surface area contributed by atoms with E-state index in [1.54, 1.807) is 16.8 Å². The number of benzene rings is 1. The predicted octanol–water partition coefficient (Wildman–Crippen LogP) is 1.63. The minimum atomic E-state index is -0.817. The third kappa shape index (κ3) is 4.08. The number of fused-ring (bicyclic) bond motifs is 2. The number of aliphatic hydroxyl groups is 1. The van der Waals surface area contributed by atoms with Gasteiger partial charge in [0.05, 0.1) is 23.6 Å². The summed E-state index contributed by atoms with van der Waals surface area (Å²) in [6.07, 6.45) is 3.21. The minimum absolute atomic E-state index is 0.0290. The maximum absolute atomic E-state index is 13.1. The summed E-state index contributed by atoms with van der Waals surface area (Å²) in [5.74, 6) is 0.239. The molecular formula is C23H28N4O3. The molecule has 0 amide bonds. The molecular weight excluding hydrogens is 380 g/mol. The second kappa shape index (κ2) is 8.53. The lowest BCUT2D eigenvalue weighted by Crippen LogP contribution is -2.45. The zero-order chi connectivity index (χ0) is 21.3. The standard InChI is InChI=1S/C23H28N4O3/c1-16(2)12-26-21-7-9-24-11-20(21)22(29)27(23(26)30)15-19(28)14-25-10-8-17-5-3-4-6-18(17)13-25/h3-7,9,11,16,19,28H,8,10,12-15H2,1-2H3. The molecule has 1 aromatic carbocycles. The van der Waals surface area contributed by atoms with Gasteiger partial charge in [-0.25, -0.2) is 4.79 Å². The molecule has 0 bridgehead atoms. The molecule has 3 aromatic rings. The van der Waals surface area contributed by atoms with Crippen LogP contribution in [0.3, 0.4) is 0 Å². The highest BCUT2D eigenvalue weighted by Gasteiger charge is 2.21. The number of hydrogen-bond acceptors (Lipinski definition) is 5. The van der Waals surface area contributed by atoms with Gasteiger partial charge in [0, 0.05) is 38.6 Å². The zero-order valence-corrected chi connectivity index (χ0v) is 17.5. The Labute approximate surface area is 175 Å². The van der Waals surface area contributed by atoms with Crippen LogP contribution in [0.5, 0.6) is 0 Å². The maximum atomic E-state index is 13.1. The van der Waals surface area contributed by atoms with Gasteiger partial charge in [-0.05, 0) is 29.5 Å². The fourth-order valence-electron chi connectivity index (χ4n) is 4.25. The first-order chi connectivity index (χ1) is 14.4. The van der Waals surface area contributed by atoms with Crippen LogP contribution in [0.25, 0.3) is 10.9 Å². The fourth-order valence-corrected chi connectivity index (χ4v) is 4.25. The van der Waals surface area contributed by atoms with Crippen molar-refractivity contribution < 1.29 is 5.11 Å². The summed E-state index contributed by atoms with van der Waals surface area (Å²) in [6, 6.07) is 10.0. The number of aromatic nitrogens is 3. The average Bonchev–Trinajstić information content (AvgIpc) is 2.74. The summed E-state index contributed by atoms with van der Waals surface area (Å²) in [5.41, 5.74) is 2.43. The molecule has 4 rings (SSSR count). The molecule has 0 aliphatic carbocycles. The van der Waals surface area contributed by atoms with E-state index in [2.05, 4.69) is 22.0 Å². The molecule has 30 heavy (non-hydrogen) atoms. The molecule has 1 atom stereocenters. The van der Waals surface area contributed by atoms with Gasteiger partial charge in [-0.1, -0.05) is 38.1 Å². The normalized spacial score (nSPS) is 15.5. The highest BCUT2D eigenvalue weighted by molar-refractivity contribution is 5.76. The lowest BCUT2D eigenvalue weighted by Gasteiger charge is -2.30. The number of β-amino-alcohol motifs (C(OH)–C–C–N with tert-alkyl or cyclic N) is 1. The van der Waals surface area contributed by atoms with Crippen molar-refractivity contribution >= 4 is 10.9 Å². The number of pyridine rings is 1. The first-order valence-electron chi connectivity index (χ1n) is 10.5. The third-order valence-corrected chi connectivity index (χ3v) is 5.65. The number of nitrogens with zero attached hydrogens (tertiary/aromatic N) is 4. The molecule has 158 valence electrons. The molecule has 1 aliphatic rings. The molecule has 1 N–H and O–H groups in total. The molecule has 0 saturated heterocycles. The Kier molecular flexibility index (Phi) is 5.83. The molecule has 0 saturated carbocycles. The van der Waals surface area contributed by atoms with Crippen LogP contribution in [0.1, 0.15) is 25.0 Å². The largest absolute Gasteiger partial charge is 0.390 e. The Morgan fingerprint density at radius 3 is 2.57 bits per heavy atom. The quantitative estimate of drug-likeness (QED) is 0.671. The van der Waals surface area contributed by atoms with Gasteiger partial charge in [-0.15, -0.1) is 0 Å². The van der Waals surface area contributed by atoms with Crippen LogP contribution in [0.2, 0.25) is 0 Å². The molecule has 0 spiro atoms. The van der Waals surface area contributed by atoms with Gasteiger partial charge in [-0.2, -0.15) is 0 Å². The van der Waals surface area contributed by atoms with Crippen LogP contribution < -0.4 is 11.2 Å². The van der Waals surface area contributed by atoms with Crippen LogP contribution in [-0.4, -0.2) is 43.3 Å². The molecule has 7 nitrogen and oxygen atoms in total. The van der Waals surface area contributed by atoms with E-state index >= 15 is 0 Å². The van der Waals surface area contributed by atoms with Gasteiger partial charge in [0.15, 0.2) is 0 Å². The van der Waals surface area contributed by atoms with E-state index in [1.807, 2.05) is 26.0 Å². The highest BCUT2D eigenvalue weighted by atomic mass is 16.3. The van der Waals surface area contributed by atoms with Gasteiger partial charge < -0.3 is 5.11 Å². The van der Waals surface area contributed by atoms with E-state index in [0.29, 0.717) is 24.0 Å². The molecule has 2 aromatic heterocycles. The van der Waals surface area contributed by atoms with E-state index in [4.69, 9.17) is 0 Å². The Morgan fingerprint density at radius 1 is 1.03 bits per heavy atom. The Balaban J connectivity index is 1.59. The molecule has 3 heterocycles. The van der Waals surface area contributed by atoms with E-state index in [-0.39, 0.29) is 18.2 Å². The minimum Gasteiger partial charge on any atom is -0.390 e. The summed E-state index contributed by atoms with van der Waals surface area (Å²) in [6.45, 7) is 6.55. The van der Waals surface area contributed by atoms with E-state index < -0.39 is 11.7 Å². The van der Waals surface area contributed by atoms with Crippen molar-refractivity contribution in [2.24, 2.45) is 5.92 Å². The molecule has 0 radical (unpaired) electrons. The van der Waals surface area contributed by atoms with Crippen LogP contribution in [-0.2, 0) is 26.1 Å². The van der Waals surface area contributed by atoms with Crippen molar-refractivity contribution in [2.45, 2.75) is 46.0 Å². The zero-order valence-electron chi connectivity index (χ0n) is 17.5. The van der Waals surface area contributed by atoms with Crippen LogP contribution >= 0.6 is 0 Å². The summed E-state index contributed by atoms with van der Waals surface area (Å²) >= 11 is 0. The van der Waals surface area contributed by atoms with Crippen molar-refractivity contribution in [3.05, 3.63) is 74.7 Å². The summed E-state index contributed by atoms with van der Waals surface area (Å²) in [5, 5.41) is 11.1. The highest BCUT2D eigenvalue weighted by Crippen LogP contribution is 2.18. The number of rotatable bonds is 6. The second-order valence-electron chi connectivity index (χ2n) is 8.50. The van der Waals surface area contributed by atoms with E-state index in [0.717, 1.165) is 24.1 Å². The van der Waals surface area contributed by atoms with Crippen LogP contribution in [0, 0.1) is 5.92 Å². The van der Waals surface area contributed by atoms with Crippen LogP contribution in [0.4, 0.5) is 0 Å². The van der Waals surface area contributed by atoms with Crippen molar-refractivity contribution in [3.63, 3.8) is 0 Å². The van der Waals surface area contributed by atoms with E-state index in [9.17, 15) is 14.7 Å². The van der Waals surface area contributed by atoms with Gasteiger partial charge >= 0.3 is 5.69 Å². The summed E-state index contributed by atoms with van der Waals surface area (Å²) in [4.78, 5) is 32.3. The van der Waals surface area contributed by atoms with Gasteiger partial charge in [0.2, 0.25) is 0 Å². The molecule has 1 unspecified atom stereocenters. The van der Waals surface area contributed by atoms with Gasteiger partial charge in [0.1, 0.15) is 0 Å². The molecule has 1 aliphatic heterocycles. The van der Waals surface area contributed by atoms with Crippen LogP contribution in [0.15, 0.2) is 52.3 Å². The van der Waals surface area contributed by atoms with Gasteiger partial charge in [-0.3, -0.25) is 23.8 Å². The maximum Gasteiger partial charge on any atom is 0.331 e. The molecule has 7 heteroatoms. The van der Waals surface area contributed by atoms with Gasteiger partial charge in [0.25, 0.3) is 5.56 Å². The summed E-state index contributed by atoms with van der Waals surface area (Å²) in [7, 11) is 0. The third-order valence-electron chi connectivity index (χ3n) is 5.65. The monoisotopic (exact) mass is 408 g/mol. The number of hydrogen-bond donors (Lipinski definition) is 1. The second-order valence-corrected chi connectivity index (χ2v) is 8.50. The number of aliphatic hydroxyl groups excluding tert-OH is 1.